The van der Waals surface area contributed by atoms with E-state index in [0.717, 1.165) is 5.56 Å². The molecular formula is C9H6Cl2N2O. The minimum Gasteiger partial charge on any atom is -0.461 e. The van der Waals surface area contributed by atoms with Crippen molar-refractivity contribution in [3.05, 3.63) is 34.3 Å². The van der Waals surface area contributed by atoms with E-state index in [1.165, 1.54) is 6.07 Å². The molecule has 0 aliphatic heterocycles. The minimum absolute atomic E-state index is 0.302. The molecule has 0 fully saturated rings. The normalized spacial score (nSPS) is 10.5. The van der Waals surface area contributed by atoms with Gasteiger partial charge in [-0.05, 0) is 18.6 Å². The van der Waals surface area contributed by atoms with Crippen LogP contribution in [0.15, 0.2) is 22.8 Å². The van der Waals surface area contributed by atoms with E-state index < -0.39 is 0 Å². The number of rotatable bonds is 1. The molecule has 2 aromatic rings. The first kappa shape index (κ1) is 9.49. The van der Waals surface area contributed by atoms with Crippen LogP contribution < -0.4 is 0 Å². The van der Waals surface area contributed by atoms with Crippen molar-refractivity contribution < 1.29 is 4.42 Å². The van der Waals surface area contributed by atoms with Crippen LogP contribution in [0.5, 0.6) is 0 Å². The van der Waals surface area contributed by atoms with Gasteiger partial charge in [0.05, 0.1) is 6.26 Å². The highest BCUT2D eigenvalue weighted by Crippen LogP contribution is 2.23. The van der Waals surface area contributed by atoms with Gasteiger partial charge in [-0.2, -0.15) is 0 Å². The molecule has 0 amide bonds. The number of aromatic nitrogens is 2. The second kappa shape index (κ2) is 3.59. The highest BCUT2D eigenvalue weighted by molar-refractivity contribution is 6.33. The second-order valence-corrected chi connectivity index (χ2v) is 3.54. The largest absolute Gasteiger partial charge is 0.461 e. The molecule has 0 aromatic carbocycles. The lowest BCUT2D eigenvalue weighted by atomic mass is 10.3. The number of nitrogens with zero attached hydrogens (tertiary/aromatic N) is 2. The van der Waals surface area contributed by atoms with E-state index in [0.29, 0.717) is 21.9 Å². The molecule has 0 spiro atoms. The van der Waals surface area contributed by atoms with Gasteiger partial charge in [0.15, 0.2) is 11.6 Å². The quantitative estimate of drug-likeness (QED) is 0.703. The molecular weight excluding hydrogens is 223 g/mol. The third-order valence-electron chi connectivity index (χ3n) is 1.73. The monoisotopic (exact) mass is 228 g/mol. The van der Waals surface area contributed by atoms with Gasteiger partial charge in [-0.3, -0.25) is 0 Å². The Morgan fingerprint density at radius 3 is 2.36 bits per heavy atom. The van der Waals surface area contributed by atoms with Gasteiger partial charge < -0.3 is 4.42 Å². The number of halogens is 2. The molecule has 2 rings (SSSR count). The molecule has 3 nitrogen and oxygen atoms in total. The Hall–Kier alpha value is -1.06. The minimum atomic E-state index is 0.302. The maximum absolute atomic E-state index is 5.74. The maximum Gasteiger partial charge on any atom is 0.198 e. The summed E-state index contributed by atoms with van der Waals surface area (Å²) in [4.78, 5) is 8.03. The van der Waals surface area contributed by atoms with Gasteiger partial charge in [0.1, 0.15) is 10.3 Å². The van der Waals surface area contributed by atoms with Crippen molar-refractivity contribution in [1.82, 2.24) is 9.97 Å². The molecule has 0 unspecified atom stereocenters. The first-order valence-corrected chi connectivity index (χ1v) is 4.67. The Morgan fingerprint density at radius 1 is 1.21 bits per heavy atom. The van der Waals surface area contributed by atoms with Gasteiger partial charge >= 0.3 is 0 Å². The van der Waals surface area contributed by atoms with Crippen molar-refractivity contribution in [2.24, 2.45) is 0 Å². The number of furan rings is 1. The summed E-state index contributed by atoms with van der Waals surface area (Å²) >= 11 is 11.5. The molecule has 0 aliphatic carbocycles. The molecule has 0 N–H and O–H groups in total. The third-order valence-corrected chi connectivity index (χ3v) is 2.12. The molecule has 5 heteroatoms. The van der Waals surface area contributed by atoms with Crippen LogP contribution in [-0.2, 0) is 0 Å². The van der Waals surface area contributed by atoms with Gasteiger partial charge in [-0.25, -0.2) is 9.97 Å². The Bertz CT molecular complexity index is 447. The van der Waals surface area contributed by atoms with E-state index in [1.54, 1.807) is 6.26 Å². The Balaban J connectivity index is 2.57. The molecule has 0 radical (unpaired) electrons. The van der Waals surface area contributed by atoms with Crippen molar-refractivity contribution in [1.29, 1.82) is 0 Å². The molecule has 0 bridgehead atoms. The molecule has 2 aromatic heterocycles. The summed E-state index contributed by atoms with van der Waals surface area (Å²) in [6.45, 7) is 1.90. The van der Waals surface area contributed by atoms with Crippen molar-refractivity contribution in [3.63, 3.8) is 0 Å². The first-order chi connectivity index (χ1) is 6.66. The zero-order valence-corrected chi connectivity index (χ0v) is 8.80. The van der Waals surface area contributed by atoms with Gasteiger partial charge in [0.25, 0.3) is 0 Å². The van der Waals surface area contributed by atoms with Gasteiger partial charge in [-0.15, -0.1) is 0 Å². The number of hydrogen-bond acceptors (Lipinski definition) is 3. The van der Waals surface area contributed by atoms with Gasteiger partial charge in [-0.1, -0.05) is 23.2 Å². The molecule has 0 saturated carbocycles. The lowest BCUT2D eigenvalue weighted by molar-refractivity contribution is 0.575. The fraction of sp³-hybridized carbons (Fsp3) is 0.111. The van der Waals surface area contributed by atoms with Crippen molar-refractivity contribution in [2.45, 2.75) is 6.92 Å². The molecule has 0 atom stereocenters. The lowest BCUT2D eigenvalue weighted by Gasteiger charge is -1.98. The summed E-state index contributed by atoms with van der Waals surface area (Å²) in [6.07, 6.45) is 1.57. The van der Waals surface area contributed by atoms with Crippen molar-refractivity contribution in [2.75, 3.05) is 0 Å². The number of hydrogen-bond donors (Lipinski definition) is 0. The molecule has 14 heavy (non-hydrogen) atoms. The fourth-order valence-electron chi connectivity index (χ4n) is 1.09. The predicted molar refractivity (Wildman–Crippen MR) is 54.5 cm³/mol. The molecule has 2 heterocycles. The van der Waals surface area contributed by atoms with Crippen LogP contribution in [0.2, 0.25) is 10.3 Å². The summed E-state index contributed by atoms with van der Waals surface area (Å²) in [6, 6.07) is 3.30. The summed E-state index contributed by atoms with van der Waals surface area (Å²) in [5, 5.41) is 0.603. The van der Waals surface area contributed by atoms with Crippen LogP contribution in [0.3, 0.4) is 0 Å². The van der Waals surface area contributed by atoms with E-state index in [2.05, 4.69) is 9.97 Å². The Kier molecular flexibility index (Phi) is 2.44. The fourth-order valence-corrected chi connectivity index (χ4v) is 1.52. The van der Waals surface area contributed by atoms with E-state index in [-0.39, 0.29) is 0 Å². The van der Waals surface area contributed by atoms with E-state index in [9.17, 15) is 0 Å². The van der Waals surface area contributed by atoms with Crippen molar-refractivity contribution in [3.8, 4) is 11.6 Å². The van der Waals surface area contributed by atoms with E-state index in [4.69, 9.17) is 27.6 Å². The van der Waals surface area contributed by atoms with Crippen LogP contribution >= 0.6 is 23.2 Å². The van der Waals surface area contributed by atoms with Gasteiger partial charge in [0.2, 0.25) is 0 Å². The summed E-state index contributed by atoms with van der Waals surface area (Å²) in [5.74, 6) is 0.999. The van der Waals surface area contributed by atoms with Crippen LogP contribution in [0.25, 0.3) is 11.6 Å². The van der Waals surface area contributed by atoms with E-state index in [1.807, 2.05) is 13.0 Å². The highest BCUT2D eigenvalue weighted by atomic mass is 35.5. The second-order valence-electron chi connectivity index (χ2n) is 2.77. The molecule has 72 valence electrons. The zero-order chi connectivity index (χ0) is 10.1. The van der Waals surface area contributed by atoms with E-state index >= 15 is 0 Å². The summed E-state index contributed by atoms with van der Waals surface area (Å²) < 4.78 is 5.22. The van der Waals surface area contributed by atoms with Crippen LogP contribution in [0.1, 0.15) is 5.56 Å². The Labute approximate surface area is 90.7 Å². The average Bonchev–Trinajstić information content (AvgIpc) is 2.49. The zero-order valence-electron chi connectivity index (χ0n) is 7.29. The Morgan fingerprint density at radius 2 is 1.86 bits per heavy atom. The van der Waals surface area contributed by atoms with Crippen molar-refractivity contribution >= 4 is 23.2 Å². The molecule has 0 saturated heterocycles. The SMILES string of the molecule is Cc1ccoc1-c1nc(Cl)cc(Cl)n1. The smallest absolute Gasteiger partial charge is 0.198 e. The van der Waals surface area contributed by atoms with Crippen LogP contribution in [0, 0.1) is 6.92 Å². The summed E-state index contributed by atoms with van der Waals surface area (Å²) in [5.41, 5.74) is 0.948. The average molecular weight is 229 g/mol. The highest BCUT2D eigenvalue weighted by Gasteiger charge is 2.10. The number of aryl methyl sites for hydroxylation is 1. The maximum atomic E-state index is 5.74. The summed E-state index contributed by atoms with van der Waals surface area (Å²) in [7, 11) is 0. The van der Waals surface area contributed by atoms with Gasteiger partial charge in [0, 0.05) is 6.07 Å². The topological polar surface area (TPSA) is 38.9 Å². The lowest BCUT2D eigenvalue weighted by Crippen LogP contribution is -1.89. The first-order valence-electron chi connectivity index (χ1n) is 3.91. The standard InChI is InChI=1S/C9H6Cl2N2O/c1-5-2-3-14-8(5)9-12-6(10)4-7(11)13-9/h2-4H,1H3. The van der Waals surface area contributed by atoms with Crippen LogP contribution in [0.4, 0.5) is 0 Å². The molecule has 0 aliphatic rings. The third kappa shape index (κ3) is 1.74. The predicted octanol–water partition coefficient (Wildman–Crippen LogP) is 3.35. The van der Waals surface area contributed by atoms with Crippen LogP contribution in [-0.4, -0.2) is 9.97 Å².